The van der Waals surface area contributed by atoms with Crippen LogP contribution in [0.4, 0.5) is 0 Å². The lowest BCUT2D eigenvalue weighted by atomic mass is 10.0. The molecule has 1 heterocycles. The molecule has 0 spiro atoms. The monoisotopic (exact) mass is 235 g/mol. The molecule has 0 unspecified atom stereocenters. The molecule has 0 amide bonds. The number of Topliss-reactive ketones (excluding diaryl/α,β-unsaturated/α-hetero) is 2. The summed E-state index contributed by atoms with van der Waals surface area (Å²) in [5.74, 6) is 1.08. The fourth-order valence-corrected chi connectivity index (χ4v) is 1.46. The molecule has 0 radical (unpaired) electrons. The van der Waals surface area contributed by atoms with Gasteiger partial charge in [0.05, 0.1) is 6.42 Å². The maximum atomic E-state index is 11.9. The van der Waals surface area contributed by atoms with E-state index < -0.39 is 0 Å². The summed E-state index contributed by atoms with van der Waals surface area (Å²) < 4.78 is 1.59. The number of hydrogen-bond donors (Lipinski definition) is 0. The number of ketones is 2. The number of aromatic nitrogens is 3. The van der Waals surface area contributed by atoms with Crippen molar-refractivity contribution in [3.05, 3.63) is 22.8 Å². The zero-order valence-corrected chi connectivity index (χ0v) is 10.9. The van der Waals surface area contributed by atoms with Crippen molar-refractivity contribution in [2.45, 2.75) is 34.1 Å². The lowest BCUT2D eigenvalue weighted by molar-refractivity contribution is -0.117. The van der Waals surface area contributed by atoms with Crippen molar-refractivity contribution >= 4 is 11.6 Å². The van der Waals surface area contributed by atoms with Gasteiger partial charge in [0.15, 0.2) is 11.6 Å². The van der Waals surface area contributed by atoms with Crippen molar-refractivity contribution < 1.29 is 9.59 Å². The van der Waals surface area contributed by atoms with E-state index in [9.17, 15) is 9.59 Å². The van der Waals surface area contributed by atoms with Crippen LogP contribution in [0.3, 0.4) is 0 Å². The summed E-state index contributed by atoms with van der Waals surface area (Å²) in [4.78, 5) is 27.3. The Morgan fingerprint density at radius 3 is 2.18 bits per heavy atom. The SMILES string of the molecule is CC(=O)/C(C)=C(/C)C(=O)Cc1nc(C)nn1C. The molecule has 0 saturated carbocycles. The summed E-state index contributed by atoms with van der Waals surface area (Å²) in [6.45, 7) is 6.57. The fourth-order valence-electron chi connectivity index (χ4n) is 1.46. The lowest BCUT2D eigenvalue weighted by Gasteiger charge is -2.03. The first-order chi connectivity index (χ1) is 7.82. The van der Waals surface area contributed by atoms with Crippen LogP contribution in [0.5, 0.6) is 0 Å². The first kappa shape index (κ1) is 13.3. The lowest BCUT2D eigenvalue weighted by Crippen LogP contribution is -2.12. The van der Waals surface area contributed by atoms with Crippen LogP contribution in [-0.4, -0.2) is 26.3 Å². The molecule has 0 aliphatic carbocycles. The molecule has 5 nitrogen and oxygen atoms in total. The Bertz CT molecular complexity index is 498. The van der Waals surface area contributed by atoms with Crippen LogP contribution < -0.4 is 0 Å². The number of rotatable bonds is 4. The van der Waals surface area contributed by atoms with Crippen molar-refractivity contribution in [3.63, 3.8) is 0 Å². The molecule has 0 aliphatic rings. The Morgan fingerprint density at radius 1 is 1.18 bits per heavy atom. The van der Waals surface area contributed by atoms with Gasteiger partial charge in [0.1, 0.15) is 11.6 Å². The van der Waals surface area contributed by atoms with Gasteiger partial charge < -0.3 is 0 Å². The number of hydrogen-bond acceptors (Lipinski definition) is 4. The van der Waals surface area contributed by atoms with Crippen LogP contribution in [0.1, 0.15) is 32.4 Å². The van der Waals surface area contributed by atoms with E-state index in [0.717, 1.165) is 0 Å². The second-order valence-electron chi connectivity index (χ2n) is 4.10. The molecule has 17 heavy (non-hydrogen) atoms. The van der Waals surface area contributed by atoms with Gasteiger partial charge in [-0.25, -0.2) is 4.98 Å². The highest BCUT2D eigenvalue weighted by Gasteiger charge is 2.14. The standard InChI is InChI=1S/C12H17N3O2/c1-7(9(3)16)8(2)11(17)6-12-13-10(4)14-15(12)5/h6H2,1-5H3/b8-7-. The zero-order chi connectivity index (χ0) is 13.2. The molecular weight excluding hydrogens is 218 g/mol. The first-order valence-corrected chi connectivity index (χ1v) is 5.41. The molecule has 0 N–H and O–H groups in total. The van der Waals surface area contributed by atoms with E-state index in [1.54, 1.807) is 32.5 Å². The summed E-state index contributed by atoms with van der Waals surface area (Å²) in [5.41, 5.74) is 1.01. The molecule has 1 rings (SSSR count). The number of allylic oxidation sites excluding steroid dienone is 2. The third kappa shape index (κ3) is 3.09. The van der Waals surface area contributed by atoms with Crippen molar-refractivity contribution in [2.75, 3.05) is 0 Å². The molecular formula is C12H17N3O2. The minimum Gasteiger partial charge on any atom is -0.295 e. The van der Waals surface area contributed by atoms with E-state index in [1.165, 1.54) is 6.92 Å². The van der Waals surface area contributed by atoms with Gasteiger partial charge in [0, 0.05) is 7.05 Å². The second-order valence-corrected chi connectivity index (χ2v) is 4.10. The van der Waals surface area contributed by atoms with E-state index in [-0.39, 0.29) is 18.0 Å². The summed E-state index contributed by atoms with van der Waals surface area (Å²) >= 11 is 0. The topological polar surface area (TPSA) is 64.8 Å². The molecule has 1 aromatic rings. The van der Waals surface area contributed by atoms with Gasteiger partial charge >= 0.3 is 0 Å². The molecule has 92 valence electrons. The second kappa shape index (κ2) is 5.03. The van der Waals surface area contributed by atoms with Crippen molar-refractivity contribution in [3.8, 4) is 0 Å². The predicted molar refractivity (Wildman–Crippen MR) is 63.5 cm³/mol. The molecule has 0 fully saturated rings. The summed E-state index contributed by atoms with van der Waals surface area (Å²) in [5, 5.41) is 4.07. The largest absolute Gasteiger partial charge is 0.295 e. The zero-order valence-electron chi connectivity index (χ0n) is 10.9. The van der Waals surface area contributed by atoms with Crippen LogP contribution in [0.2, 0.25) is 0 Å². The molecule has 0 aromatic carbocycles. The van der Waals surface area contributed by atoms with Gasteiger partial charge in [-0.1, -0.05) is 0 Å². The average Bonchev–Trinajstić information content (AvgIpc) is 2.55. The fraction of sp³-hybridized carbons (Fsp3) is 0.500. The number of nitrogens with zero attached hydrogens (tertiary/aromatic N) is 3. The maximum Gasteiger partial charge on any atom is 0.166 e. The summed E-state index contributed by atoms with van der Waals surface area (Å²) in [7, 11) is 1.75. The van der Waals surface area contributed by atoms with E-state index in [4.69, 9.17) is 0 Å². The Morgan fingerprint density at radius 2 is 1.76 bits per heavy atom. The van der Waals surface area contributed by atoms with Crippen LogP contribution >= 0.6 is 0 Å². The normalized spacial score (nSPS) is 12.3. The third-order valence-electron chi connectivity index (χ3n) is 2.79. The van der Waals surface area contributed by atoms with Crippen molar-refractivity contribution in [2.24, 2.45) is 7.05 Å². The Labute approximate surface area is 101 Å². The maximum absolute atomic E-state index is 11.9. The highest BCUT2D eigenvalue weighted by Crippen LogP contribution is 2.09. The van der Waals surface area contributed by atoms with Crippen molar-refractivity contribution in [1.82, 2.24) is 14.8 Å². The summed E-state index contributed by atoms with van der Waals surface area (Å²) in [6.07, 6.45) is 0.174. The molecule has 0 saturated heterocycles. The minimum atomic E-state index is -0.0896. The molecule has 5 heteroatoms. The van der Waals surface area contributed by atoms with Gasteiger partial charge in [0.25, 0.3) is 0 Å². The highest BCUT2D eigenvalue weighted by atomic mass is 16.1. The van der Waals surface area contributed by atoms with E-state index in [1.807, 2.05) is 0 Å². The molecule has 1 aromatic heterocycles. The molecule has 0 aliphatic heterocycles. The van der Waals surface area contributed by atoms with Crippen LogP contribution in [0, 0.1) is 6.92 Å². The Balaban J connectivity index is 2.91. The average molecular weight is 235 g/mol. The Kier molecular flexibility index (Phi) is 3.93. The predicted octanol–water partition coefficient (Wildman–Crippen LogP) is 1.16. The number of carbonyl (C=O) groups is 2. The molecule has 0 atom stereocenters. The third-order valence-corrected chi connectivity index (χ3v) is 2.79. The van der Waals surface area contributed by atoms with Gasteiger partial charge in [0.2, 0.25) is 0 Å². The van der Waals surface area contributed by atoms with Gasteiger partial charge in [-0.3, -0.25) is 14.3 Å². The minimum absolute atomic E-state index is 0.0787. The highest BCUT2D eigenvalue weighted by molar-refractivity contribution is 6.05. The number of aryl methyl sites for hydroxylation is 2. The molecule has 0 bridgehead atoms. The smallest absolute Gasteiger partial charge is 0.166 e. The van der Waals surface area contributed by atoms with Crippen LogP contribution in [-0.2, 0) is 23.1 Å². The van der Waals surface area contributed by atoms with E-state index in [0.29, 0.717) is 22.8 Å². The van der Waals surface area contributed by atoms with E-state index >= 15 is 0 Å². The van der Waals surface area contributed by atoms with Crippen molar-refractivity contribution in [1.29, 1.82) is 0 Å². The number of carbonyl (C=O) groups excluding carboxylic acids is 2. The van der Waals surface area contributed by atoms with Crippen LogP contribution in [0.25, 0.3) is 0 Å². The van der Waals surface area contributed by atoms with Gasteiger partial charge in [-0.15, -0.1) is 0 Å². The first-order valence-electron chi connectivity index (χ1n) is 5.41. The van der Waals surface area contributed by atoms with Gasteiger partial charge in [-0.05, 0) is 38.8 Å². The van der Waals surface area contributed by atoms with E-state index in [2.05, 4.69) is 10.1 Å². The van der Waals surface area contributed by atoms with Crippen LogP contribution in [0.15, 0.2) is 11.1 Å². The van der Waals surface area contributed by atoms with Gasteiger partial charge in [-0.2, -0.15) is 5.10 Å². The summed E-state index contributed by atoms with van der Waals surface area (Å²) in [6, 6.07) is 0. The Hall–Kier alpha value is -1.78. The quantitative estimate of drug-likeness (QED) is 0.734.